The maximum absolute atomic E-state index is 5.48. The van der Waals surface area contributed by atoms with Crippen molar-refractivity contribution in [3.63, 3.8) is 0 Å². The number of rotatable bonds is 2. The van der Waals surface area contributed by atoms with Gasteiger partial charge >= 0.3 is 0 Å². The Morgan fingerprint density at radius 3 is 1.91 bits per heavy atom. The van der Waals surface area contributed by atoms with E-state index in [1.54, 1.807) is 0 Å². The number of hydrogen-bond donors (Lipinski definition) is 0. The van der Waals surface area contributed by atoms with Crippen molar-refractivity contribution in [1.82, 2.24) is 9.55 Å². The Kier molecular flexibility index (Phi) is 5.95. The molecule has 8 aromatic carbocycles. The largest absolute Gasteiger partial charge is 0.293 e. The molecule has 12 rings (SSSR count). The Bertz CT molecular complexity index is 3110. The van der Waals surface area contributed by atoms with Crippen LogP contribution in [0.3, 0.4) is 0 Å². The first-order valence-corrected chi connectivity index (χ1v) is 19.0. The van der Waals surface area contributed by atoms with Crippen LogP contribution in [0.4, 0.5) is 0 Å². The van der Waals surface area contributed by atoms with Gasteiger partial charge in [-0.25, -0.2) is 4.98 Å². The van der Waals surface area contributed by atoms with Crippen LogP contribution in [0.2, 0.25) is 0 Å². The van der Waals surface area contributed by atoms with Crippen molar-refractivity contribution in [2.24, 2.45) is 0 Å². The minimum Gasteiger partial charge on any atom is -0.293 e. The summed E-state index contributed by atoms with van der Waals surface area (Å²) in [4.78, 5) is 8.08. The lowest BCUT2D eigenvalue weighted by atomic mass is 9.67. The Morgan fingerprint density at radius 1 is 0.434 bits per heavy atom. The predicted octanol–water partition coefficient (Wildman–Crippen LogP) is 13.0. The Labute approximate surface area is 311 Å². The number of aromatic nitrogens is 2. The Morgan fingerprint density at radius 2 is 1.09 bits per heavy atom. The van der Waals surface area contributed by atoms with E-state index in [1.165, 1.54) is 81.4 Å². The van der Waals surface area contributed by atoms with Crippen molar-refractivity contribution in [3.8, 4) is 28.1 Å². The van der Waals surface area contributed by atoms with Crippen LogP contribution < -0.4 is 0 Å². The minimum atomic E-state index is -0.464. The first kappa shape index (κ1) is 29.2. The van der Waals surface area contributed by atoms with Gasteiger partial charge in [0.2, 0.25) is 0 Å². The lowest BCUT2D eigenvalue weighted by Crippen LogP contribution is -2.32. The van der Waals surface area contributed by atoms with Crippen LogP contribution in [0.15, 0.2) is 192 Å². The van der Waals surface area contributed by atoms with Gasteiger partial charge in [0.1, 0.15) is 5.82 Å². The molecule has 3 heteroatoms. The summed E-state index contributed by atoms with van der Waals surface area (Å²) >= 11 is 1.90. The van der Waals surface area contributed by atoms with Gasteiger partial charge in [-0.2, -0.15) is 0 Å². The van der Waals surface area contributed by atoms with Crippen molar-refractivity contribution in [3.05, 3.63) is 204 Å². The summed E-state index contributed by atoms with van der Waals surface area (Å²) in [6.07, 6.45) is 0. The second-order valence-corrected chi connectivity index (χ2v) is 15.3. The second-order valence-electron chi connectivity index (χ2n) is 14.2. The van der Waals surface area contributed by atoms with E-state index in [0.717, 1.165) is 22.2 Å². The molecule has 0 N–H and O–H groups in total. The topological polar surface area (TPSA) is 17.8 Å². The van der Waals surface area contributed by atoms with E-state index in [0.29, 0.717) is 0 Å². The Balaban J connectivity index is 1.27. The fourth-order valence-corrected chi connectivity index (χ4v) is 10.7. The van der Waals surface area contributed by atoms with E-state index in [9.17, 15) is 0 Å². The molecule has 0 bridgehead atoms. The summed E-state index contributed by atoms with van der Waals surface area (Å²) in [5.74, 6) is 0.920. The molecule has 0 atom stereocenters. The van der Waals surface area contributed by atoms with Crippen LogP contribution >= 0.6 is 11.8 Å². The smallest absolute Gasteiger partial charge is 0.138 e. The third-order valence-electron chi connectivity index (χ3n) is 11.6. The highest BCUT2D eigenvalue weighted by Crippen LogP contribution is 2.62. The number of para-hydroxylation sites is 1. The SMILES string of the molecule is c1ccc(-c2cc(-n3c4cc5c(cc4c4ccc6ccccc6c43)Sc3ccccc3C53c4ccccc4-c4ccccc43)nc3ccccc23)cc1. The quantitative estimate of drug-likeness (QED) is 0.180. The lowest BCUT2D eigenvalue weighted by molar-refractivity contribution is 0.724. The van der Waals surface area contributed by atoms with Gasteiger partial charge in [-0.05, 0) is 80.2 Å². The summed E-state index contributed by atoms with van der Waals surface area (Å²) in [5.41, 5.74) is 13.2. The van der Waals surface area contributed by atoms with Crippen molar-refractivity contribution in [2.75, 3.05) is 0 Å². The van der Waals surface area contributed by atoms with Crippen LogP contribution in [0.5, 0.6) is 0 Å². The molecular formula is C50H30N2S. The highest BCUT2D eigenvalue weighted by atomic mass is 32.2. The summed E-state index contributed by atoms with van der Waals surface area (Å²) in [5, 5.41) is 6.06. The zero-order valence-electron chi connectivity index (χ0n) is 28.6. The average molecular weight is 691 g/mol. The molecule has 0 fully saturated rings. The molecule has 0 saturated heterocycles. The number of nitrogens with zero attached hydrogens (tertiary/aromatic N) is 2. The minimum absolute atomic E-state index is 0.464. The van der Waals surface area contributed by atoms with Crippen LogP contribution in [0.1, 0.15) is 22.3 Å². The zero-order valence-corrected chi connectivity index (χ0v) is 29.4. The van der Waals surface area contributed by atoms with Gasteiger partial charge in [0.05, 0.1) is 22.0 Å². The second kappa shape index (κ2) is 10.8. The molecule has 53 heavy (non-hydrogen) atoms. The monoisotopic (exact) mass is 690 g/mol. The van der Waals surface area contributed by atoms with E-state index in [-0.39, 0.29) is 0 Å². The predicted molar refractivity (Wildman–Crippen MR) is 220 cm³/mol. The van der Waals surface area contributed by atoms with E-state index < -0.39 is 5.41 Å². The van der Waals surface area contributed by atoms with Gasteiger partial charge in [-0.15, -0.1) is 0 Å². The maximum Gasteiger partial charge on any atom is 0.138 e. The maximum atomic E-state index is 5.48. The summed E-state index contributed by atoms with van der Waals surface area (Å²) in [6, 6.07) is 67.1. The van der Waals surface area contributed by atoms with E-state index in [1.807, 2.05) is 11.8 Å². The Hall–Kier alpha value is -6.42. The fourth-order valence-electron chi connectivity index (χ4n) is 9.50. The third-order valence-corrected chi connectivity index (χ3v) is 12.8. The first-order valence-electron chi connectivity index (χ1n) is 18.2. The van der Waals surface area contributed by atoms with Crippen molar-refractivity contribution >= 4 is 55.2 Å². The van der Waals surface area contributed by atoms with Crippen LogP contribution in [0.25, 0.3) is 71.6 Å². The van der Waals surface area contributed by atoms with Crippen molar-refractivity contribution < 1.29 is 0 Å². The molecule has 246 valence electrons. The van der Waals surface area contributed by atoms with Crippen LogP contribution in [-0.4, -0.2) is 9.55 Å². The fraction of sp³-hybridized carbons (Fsp3) is 0.0200. The molecule has 2 nitrogen and oxygen atoms in total. The van der Waals surface area contributed by atoms with Crippen molar-refractivity contribution in [1.29, 1.82) is 0 Å². The summed E-state index contributed by atoms with van der Waals surface area (Å²) in [6.45, 7) is 0. The molecule has 0 unspecified atom stereocenters. The number of benzene rings is 8. The van der Waals surface area contributed by atoms with E-state index in [2.05, 4.69) is 187 Å². The first-order chi connectivity index (χ1) is 26.3. The van der Waals surface area contributed by atoms with Gasteiger partial charge in [0.25, 0.3) is 0 Å². The molecule has 1 spiro atoms. The normalized spacial score (nSPS) is 13.7. The standard InChI is InChI=1S/C50H30N2S/c1-2-14-31(15-3-1)38-29-48(51-44-24-12-8-20-36(38)44)52-45-30-43-47(28-39(45)37-27-26-32-16-4-5-17-33(32)49(37)52)53-46-25-13-11-23-42(46)50(43)40-21-9-6-18-34(40)35-19-7-10-22-41(35)50/h1-30H. The van der Waals surface area contributed by atoms with Gasteiger partial charge in [-0.3, -0.25) is 4.57 Å². The zero-order chi connectivity index (χ0) is 34.7. The molecule has 2 aliphatic rings. The van der Waals surface area contributed by atoms with E-state index in [4.69, 9.17) is 4.98 Å². The molecule has 1 aliphatic carbocycles. The highest BCUT2D eigenvalue weighted by Gasteiger charge is 2.50. The lowest BCUT2D eigenvalue weighted by Gasteiger charge is -2.39. The van der Waals surface area contributed by atoms with Crippen LogP contribution in [0, 0.1) is 0 Å². The number of pyridine rings is 1. The summed E-state index contributed by atoms with van der Waals surface area (Å²) in [7, 11) is 0. The molecule has 0 amide bonds. The molecule has 10 aromatic rings. The van der Waals surface area contributed by atoms with E-state index >= 15 is 0 Å². The number of fused-ring (bicyclic) bond motifs is 15. The third kappa shape index (κ3) is 3.87. The van der Waals surface area contributed by atoms with Gasteiger partial charge in [0.15, 0.2) is 0 Å². The van der Waals surface area contributed by atoms with Crippen LogP contribution in [-0.2, 0) is 5.41 Å². The van der Waals surface area contributed by atoms with Crippen molar-refractivity contribution in [2.45, 2.75) is 15.2 Å². The molecule has 1 aliphatic heterocycles. The van der Waals surface area contributed by atoms with Gasteiger partial charge in [-0.1, -0.05) is 163 Å². The highest BCUT2D eigenvalue weighted by molar-refractivity contribution is 7.99. The molecule has 3 heterocycles. The molecule has 0 radical (unpaired) electrons. The average Bonchev–Trinajstić information content (AvgIpc) is 3.71. The molecular weight excluding hydrogens is 661 g/mol. The molecule has 2 aromatic heterocycles. The molecule has 0 saturated carbocycles. The number of hydrogen-bond acceptors (Lipinski definition) is 2. The van der Waals surface area contributed by atoms with Gasteiger partial charge in [0, 0.05) is 31.3 Å². The van der Waals surface area contributed by atoms with Gasteiger partial charge < -0.3 is 0 Å². The summed E-state index contributed by atoms with van der Waals surface area (Å²) < 4.78 is 2.46.